The Hall–Kier alpha value is -2.19. The Morgan fingerprint density at radius 2 is 2.33 bits per heavy atom. The number of thiophene rings is 1. The van der Waals surface area contributed by atoms with Crippen LogP contribution in [0.25, 0.3) is 10.1 Å². The van der Waals surface area contributed by atoms with Gasteiger partial charge in [0.2, 0.25) is 0 Å². The van der Waals surface area contributed by atoms with Crippen LogP contribution in [-0.2, 0) is 11.3 Å². The third-order valence-corrected chi connectivity index (χ3v) is 4.49. The van der Waals surface area contributed by atoms with E-state index >= 15 is 0 Å². The summed E-state index contributed by atoms with van der Waals surface area (Å²) in [4.78, 5) is 25.2. The molecule has 1 saturated heterocycles. The quantitative estimate of drug-likeness (QED) is 0.512. The first-order chi connectivity index (χ1) is 10.1. The number of rotatable bonds is 3. The number of nitrogens with two attached hydrogens (primary N) is 1. The van der Waals surface area contributed by atoms with Crippen LogP contribution in [0.5, 0.6) is 0 Å². The molecule has 2 heterocycles. The number of amides is 2. The molecule has 0 spiro atoms. The van der Waals surface area contributed by atoms with Gasteiger partial charge < -0.3 is 9.64 Å². The minimum Gasteiger partial charge on any atom is -0.448 e. The van der Waals surface area contributed by atoms with E-state index in [4.69, 9.17) is 10.6 Å². The summed E-state index contributed by atoms with van der Waals surface area (Å²) in [5.74, 6) is 4.25. The molecule has 0 saturated carbocycles. The zero-order chi connectivity index (χ0) is 15.0. The highest BCUT2D eigenvalue weighted by Crippen LogP contribution is 2.34. The second-order valence-electron chi connectivity index (χ2n) is 4.53. The van der Waals surface area contributed by atoms with Crippen LogP contribution >= 0.6 is 11.3 Å². The molecule has 1 fully saturated rings. The molecule has 0 bridgehead atoms. The van der Waals surface area contributed by atoms with E-state index in [2.05, 4.69) is 5.43 Å². The fraction of sp³-hybridized carbons (Fsp3) is 0.231. The molecule has 3 N–H and O–H groups in total. The maximum absolute atomic E-state index is 14.1. The highest BCUT2D eigenvalue weighted by atomic mass is 32.1. The lowest BCUT2D eigenvalue weighted by Crippen LogP contribution is -2.31. The second-order valence-corrected chi connectivity index (χ2v) is 5.58. The summed E-state index contributed by atoms with van der Waals surface area (Å²) in [5.41, 5.74) is 2.51. The summed E-state index contributed by atoms with van der Waals surface area (Å²) >= 11 is 1.14. The number of hydrogen-bond acceptors (Lipinski definition) is 5. The number of ether oxygens (including phenoxy) is 1. The Morgan fingerprint density at radius 3 is 3.00 bits per heavy atom. The van der Waals surface area contributed by atoms with E-state index < -0.39 is 17.8 Å². The van der Waals surface area contributed by atoms with Crippen LogP contribution in [0.15, 0.2) is 18.2 Å². The van der Waals surface area contributed by atoms with E-state index in [0.717, 1.165) is 11.3 Å². The Bertz CT molecular complexity index is 731. The second kappa shape index (κ2) is 5.30. The van der Waals surface area contributed by atoms with Crippen LogP contribution in [0, 0.1) is 5.82 Å². The Balaban J connectivity index is 2.12. The van der Waals surface area contributed by atoms with Crippen LogP contribution in [0.4, 0.5) is 9.18 Å². The molecule has 0 atom stereocenters. The van der Waals surface area contributed by atoms with E-state index in [9.17, 15) is 14.0 Å². The van der Waals surface area contributed by atoms with Crippen LogP contribution < -0.4 is 11.3 Å². The average molecular weight is 309 g/mol. The smallest absolute Gasteiger partial charge is 0.410 e. The van der Waals surface area contributed by atoms with E-state index in [0.29, 0.717) is 33.7 Å². The molecule has 2 amide bonds. The Kier molecular flexibility index (Phi) is 3.48. The van der Waals surface area contributed by atoms with Gasteiger partial charge in [0.05, 0.1) is 18.0 Å². The van der Waals surface area contributed by atoms with Crippen LogP contribution in [-0.4, -0.2) is 30.1 Å². The van der Waals surface area contributed by atoms with Crippen molar-refractivity contribution in [3.63, 3.8) is 0 Å². The number of hydrogen-bond donors (Lipinski definition) is 2. The third-order valence-electron chi connectivity index (χ3n) is 3.29. The lowest BCUT2D eigenvalue weighted by molar-refractivity contribution is 0.0955. The van der Waals surface area contributed by atoms with Crippen LogP contribution in [0.2, 0.25) is 0 Å². The molecule has 8 heteroatoms. The number of nitrogens with zero attached hydrogens (tertiary/aromatic N) is 1. The van der Waals surface area contributed by atoms with E-state index in [1.807, 2.05) is 0 Å². The standard InChI is InChI=1S/C13H12FN3O3S/c14-8-2-1-3-9-10(8)7(11(21-9)12(18)16-15)6-17-4-5-20-13(17)19/h1-3H,4-6,15H2,(H,16,18). The van der Waals surface area contributed by atoms with Gasteiger partial charge in [-0.1, -0.05) is 6.07 Å². The van der Waals surface area contributed by atoms with Crippen molar-refractivity contribution in [2.45, 2.75) is 6.54 Å². The van der Waals surface area contributed by atoms with Gasteiger partial charge in [-0.15, -0.1) is 11.3 Å². The number of carbonyl (C=O) groups is 2. The van der Waals surface area contributed by atoms with Crippen molar-refractivity contribution in [1.29, 1.82) is 0 Å². The number of halogens is 1. The number of nitrogens with one attached hydrogen (secondary N) is 1. The van der Waals surface area contributed by atoms with Gasteiger partial charge in [0.15, 0.2) is 0 Å². The van der Waals surface area contributed by atoms with Crippen molar-refractivity contribution in [3.05, 3.63) is 34.5 Å². The fourth-order valence-corrected chi connectivity index (χ4v) is 3.46. The van der Waals surface area contributed by atoms with Crippen LogP contribution in [0.1, 0.15) is 15.2 Å². The highest BCUT2D eigenvalue weighted by Gasteiger charge is 2.27. The predicted octanol–water partition coefficient (Wildman–Crippen LogP) is 1.60. The lowest BCUT2D eigenvalue weighted by atomic mass is 10.1. The number of cyclic esters (lactones) is 1. The molecule has 1 aromatic carbocycles. The van der Waals surface area contributed by atoms with Crippen molar-refractivity contribution in [3.8, 4) is 0 Å². The van der Waals surface area contributed by atoms with Gasteiger partial charge in [-0.3, -0.25) is 10.2 Å². The molecule has 3 rings (SSSR count). The minimum absolute atomic E-state index is 0.114. The molecule has 2 aromatic rings. The lowest BCUT2D eigenvalue weighted by Gasteiger charge is -2.13. The van der Waals surface area contributed by atoms with Crippen molar-refractivity contribution in [1.82, 2.24) is 10.3 Å². The normalized spacial score (nSPS) is 14.6. The third kappa shape index (κ3) is 2.32. The molecule has 1 aliphatic heterocycles. The van der Waals surface area contributed by atoms with E-state index in [-0.39, 0.29) is 6.54 Å². The highest BCUT2D eigenvalue weighted by molar-refractivity contribution is 7.21. The molecule has 21 heavy (non-hydrogen) atoms. The van der Waals surface area contributed by atoms with Crippen molar-refractivity contribution < 1.29 is 18.7 Å². The van der Waals surface area contributed by atoms with Gasteiger partial charge in [0.1, 0.15) is 12.4 Å². The van der Waals surface area contributed by atoms with Crippen LogP contribution in [0.3, 0.4) is 0 Å². The molecule has 1 aliphatic rings. The monoisotopic (exact) mass is 309 g/mol. The van der Waals surface area contributed by atoms with E-state index in [1.165, 1.54) is 11.0 Å². The van der Waals surface area contributed by atoms with Gasteiger partial charge in [0, 0.05) is 15.6 Å². The van der Waals surface area contributed by atoms with Gasteiger partial charge in [-0.05, 0) is 12.1 Å². The molecule has 0 radical (unpaired) electrons. The number of hydrazine groups is 1. The maximum Gasteiger partial charge on any atom is 0.410 e. The van der Waals surface area contributed by atoms with Gasteiger partial charge >= 0.3 is 6.09 Å². The first kappa shape index (κ1) is 13.8. The average Bonchev–Trinajstić information content (AvgIpc) is 3.04. The number of nitrogen functional groups attached to an aromatic ring is 1. The zero-order valence-corrected chi connectivity index (χ0v) is 11.7. The minimum atomic E-state index is -0.502. The summed E-state index contributed by atoms with van der Waals surface area (Å²) in [6, 6.07) is 4.62. The fourth-order valence-electron chi connectivity index (χ4n) is 2.33. The van der Waals surface area contributed by atoms with Crippen molar-refractivity contribution >= 4 is 33.4 Å². The number of fused-ring (bicyclic) bond motifs is 1. The van der Waals surface area contributed by atoms with Crippen molar-refractivity contribution in [2.24, 2.45) is 5.84 Å². The maximum atomic E-state index is 14.1. The molecule has 0 unspecified atom stereocenters. The summed E-state index contributed by atoms with van der Waals surface area (Å²) in [6.45, 7) is 0.818. The molecule has 110 valence electrons. The van der Waals surface area contributed by atoms with Gasteiger partial charge in [-0.25, -0.2) is 15.0 Å². The summed E-state index contributed by atoms with van der Waals surface area (Å²) < 4.78 is 19.6. The first-order valence-electron chi connectivity index (χ1n) is 6.24. The number of carbonyl (C=O) groups excluding carboxylic acids is 2. The summed E-state index contributed by atoms with van der Waals surface area (Å²) in [7, 11) is 0. The first-order valence-corrected chi connectivity index (χ1v) is 7.06. The number of benzene rings is 1. The predicted molar refractivity (Wildman–Crippen MR) is 75.2 cm³/mol. The largest absolute Gasteiger partial charge is 0.448 e. The SMILES string of the molecule is NNC(=O)c1sc2cccc(F)c2c1CN1CCOC1=O. The zero-order valence-electron chi connectivity index (χ0n) is 10.9. The van der Waals surface area contributed by atoms with Gasteiger partial charge in [0.25, 0.3) is 5.91 Å². The Morgan fingerprint density at radius 1 is 1.52 bits per heavy atom. The van der Waals surface area contributed by atoms with Crippen molar-refractivity contribution in [2.75, 3.05) is 13.2 Å². The molecule has 1 aromatic heterocycles. The molecule has 0 aliphatic carbocycles. The molecular formula is C13H12FN3O3S. The summed E-state index contributed by atoms with van der Waals surface area (Å²) in [5, 5.41) is 0.348. The molecular weight excluding hydrogens is 297 g/mol. The topological polar surface area (TPSA) is 84.7 Å². The summed E-state index contributed by atoms with van der Waals surface area (Å²) in [6.07, 6.45) is -0.468. The van der Waals surface area contributed by atoms with Gasteiger partial charge in [-0.2, -0.15) is 0 Å². The molecule has 6 nitrogen and oxygen atoms in total. The van der Waals surface area contributed by atoms with E-state index in [1.54, 1.807) is 12.1 Å². The Labute approximate surface area is 123 Å².